The summed E-state index contributed by atoms with van der Waals surface area (Å²) in [5, 5.41) is 9.38. The van der Waals surface area contributed by atoms with Crippen LogP contribution in [0, 0.1) is 18.7 Å². The van der Waals surface area contributed by atoms with Crippen molar-refractivity contribution in [2.24, 2.45) is 5.92 Å². The number of carboxylic acids is 1. The zero-order chi connectivity index (χ0) is 14.9. The van der Waals surface area contributed by atoms with Crippen LogP contribution in [0.3, 0.4) is 0 Å². The maximum atomic E-state index is 13.4. The lowest BCUT2D eigenvalue weighted by molar-refractivity contribution is -0.151. The van der Waals surface area contributed by atoms with Gasteiger partial charge in [0, 0.05) is 13.0 Å². The van der Waals surface area contributed by atoms with Gasteiger partial charge < -0.3 is 10.0 Å². The molecule has 0 aliphatic carbocycles. The summed E-state index contributed by atoms with van der Waals surface area (Å²) in [5.41, 5.74) is 1.15. The number of halogens is 1. The Morgan fingerprint density at radius 3 is 2.75 bits per heavy atom. The molecule has 1 saturated heterocycles. The predicted octanol–water partition coefficient (Wildman–Crippen LogP) is 2.52. The number of carboxylic acid groups (broad SMARTS) is 1. The van der Waals surface area contributed by atoms with Crippen LogP contribution >= 0.6 is 0 Å². The number of amides is 1. The molecule has 1 amide bonds. The number of hydrogen-bond acceptors (Lipinski definition) is 2. The van der Waals surface area contributed by atoms with Crippen molar-refractivity contribution in [2.45, 2.75) is 32.7 Å². The Hall–Kier alpha value is -1.91. The molecule has 1 aliphatic heterocycles. The Morgan fingerprint density at radius 1 is 1.50 bits per heavy atom. The fourth-order valence-corrected chi connectivity index (χ4v) is 2.85. The van der Waals surface area contributed by atoms with Crippen molar-refractivity contribution in [1.82, 2.24) is 4.90 Å². The number of benzene rings is 1. The molecule has 0 saturated carbocycles. The molecule has 1 aromatic carbocycles. The van der Waals surface area contributed by atoms with E-state index in [1.54, 1.807) is 24.0 Å². The van der Waals surface area contributed by atoms with Crippen molar-refractivity contribution in [2.75, 3.05) is 6.54 Å². The van der Waals surface area contributed by atoms with Gasteiger partial charge in [0.05, 0.1) is 12.0 Å². The molecule has 1 N–H and O–H groups in total. The molecule has 1 aromatic rings. The molecule has 2 atom stereocenters. The Bertz CT molecular complexity index is 542. The highest BCUT2D eigenvalue weighted by Crippen LogP contribution is 2.37. The van der Waals surface area contributed by atoms with Crippen LogP contribution in [-0.4, -0.2) is 28.4 Å². The second kappa shape index (κ2) is 5.61. The summed E-state index contributed by atoms with van der Waals surface area (Å²) in [6.07, 6.45) is 0.577. The van der Waals surface area contributed by atoms with Gasteiger partial charge in [0.15, 0.2) is 0 Å². The van der Waals surface area contributed by atoms with Gasteiger partial charge in [-0.15, -0.1) is 0 Å². The molecule has 1 heterocycles. The number of nitrogens with zero attached hydrogens (tertiary/aromatic N) is 1. The molecule has 0 spiro atoms. The molecule has 108 valence electrons. The van der Waals surface area contributed by atoms with E-state index in [0.717, 1.165) is 0 Å². The van der Waals surface area contributed by atoms with Crippen molar-refractivity contribution in [3.05, 3.63) is 35.1 Å². The summed E-state index contributed by atoms with van der Waals surface area (Å²) < 4.78 is 13.4. The summed E-state index contributed by atoms with van der Waals surface area (Å²) in [4.78, 5) is 25.0. The van der Waals surface area contributed by atoms with Crippen LogP contribution in [-0.2, 0) is 9.59 Å². The molecule has 20 heavy (non-hydrogen) atoms. The number of carbonyl (C=O) groups is 2. The highest BCUT2D eigenvalue weighted by Gasteiger charge is 2.40. The number of hydrogen-bond donors (Lipinski definition) is 1. The SMILES string of the molecule is CCN1C(=O)CCC(C(=O)O)C1c1ccc(F)c(C)c1. The summed E-state index contributed by atoms with van der Waals surface area (Å²) in [5.74, 6) is -1.93. The normalized spacial score (nSPS) is 22.9. The fraction of sp³-hybridized carbons (Fsp3) is 0.467. The van der Waals surface area contributed by atoms with Gasteiger partial charge in [-0.2, -0.15) is 0 Å². The Balaban J connectivity index is 2.46. The van der Waals surface area contributed by atoms with Crippen molar-refractivity contribution in [1.29, 1.82) is 0 Å². The first kappa shape index (κ1) is 14.5. The summed E-state index contributed by atoms with van der Waals surface area (Å²) in [7, 11) is 0. The maximum Gasteiger partial charge on any atom is 0.308 e. The third-order valence-corrected chi connectivity index (χ3v) is 3.89. The van der Waals surface area contributed by atoms with Crippen LogP contribution in [0.5, 0.6) is 0 Å². The lowest BCUT2D eigenvalue weighted by Crippen LogP contribution is -2.45. The van der Waals surface area contributed by atoms with E-state index in [4.69, 9.17) is 0 Å². The Morgan fingerprint density at radius 2 is 2.20 bits per heavy atom. The van der Waals surface area contributed by atoms with Crippen LogP contribution in [0.25, 0.3) is 0 Å². The minimum Gasteiger partial charge on any atom is -0.481 e. The number of aryl methyl sites for hydroxylation is 1. The Kier molecular flexibility index (Phi) is 4.06. The van der Waals surface area contributed by atoms with Crippen LogP contribution in [0.2, 0.25) is 0 Å². The molecule has 1 aliphatic rings. The topological polar surface area (TPSA) is 57.6 Å². The molecule has 0 aromatic heterocycles. The first-order valence-electron chi connectivity index (χ1n) is 6.74. The van der Waals surface area contributed by atoms with Crippen LogP contribution < -0.4 is 0 Å². The van der Waals surface area contributed by atoms with E-state index >= 15 is 0 Å². The van der Waals surface area contributed by atoms with E-state index in [9.17, 15) is 19.1 Å². The average molecular weight is 279 g/mol. The van der Waals surface area contributed by atoms with Gasteiger partial charge in [-0.05, 0) is 37.5 Å². The molecule has 4 nitrogen and oxygen atoms in total. The number of aliphatic carboxylic acids is 1. The van der Waals surface area contributed by atoms with E-state index in [1.165, 1.54) is 6.07 Å². The van der Waals surface area contributed by atoms with Crippen molar-refractivity contribution in [3.63, 3.8) is 0 Å². The minimum absolute atomic E-state index is 0.0445. The highest BCUT2D eigenvalue weighted by atomic mass is 19.1. The van der Waals surface area contributed by atoms with Crippen molar-refractivity contribution >= 4 is 11.9 Å². The average Bonchev–Trinajstić information content (AvgIpc) is 2.41. The third-order valence-electron chi connectivity index (χ3n) is 3.89. The molecular formula is C15H18FNO3. The largest absolute Gasteiger partial charge is 0.481 e. The van der Waals surface area contributed by atoms with Crippen molar-refractivity contribution < 1.29 is 19.1 Å². The van der Waals surface area contributed by atoms with E-state index in [1.807, 2.05) is 6.92 Å². The summed E-state index contributed by atoms with van der Waals surface area (Å²) in [6, 6.07) is 4.02. The monoisotopic (exact) mass is 279 g/mol. The lowest BCUT2D eigenvalue weighted by Gasteiger charge is -2.39. The maximum absolute atomic E-state index is 13.4. The highest BCUT2D eigenvalue weighted by molar-refractivity contribution is 5.81. The third kappa shape index (κ3) is 2.53. The number of piperidine rings is 1. The molecule has 1 fully saturated rings. The molecule has 0 radical (unpaired) electrons. The van der Waals surface area contributed by atoms with E-state index in [2.05, 4.69) is 0 Å². The number of rotatable bonds is 3. The molecule has 2 rings (SSSR count). The summed E-state index contributed by atoms with van der Waals surface area (Å²) in [6.45, 7) is 3.91. The first-order chi connectivity index (χ1) is 9.45. The smallest absolute Gasteiger partial charge is 0.308 e. The minimum atomic E-state index is -0.914. The van der Waals surface area contributed by atoms with Crippen LogP contribution in [0.4, 0.5) is 4.39 Å². The molecule has 2 unspecified atom stereocenters. The van der Waals surface area contributed by atoms with E-state index < -0.39 is 17.9 Å². The molecule has 5 heteroatoms. The van der Waals surface area contributed by atoms with Gasteiger partial charge in [0.1, 0.15) is 5.82 Å². The van der Waals surface area contributed by atoms with Gasteiger partial charge in [-0.1, -0.05) is 12.1 Å². The zero-order valence-corrected chi connectivity index (χ0v) is 11.6. The van der Waals surface area contributed by atoms with Gasteiger partial charge in [-0.25, -0.2) is 4.39 Å². The van der Waals surface area contributed by atoms with Gasteiger partial charge in [0.25, 0.3) is 0 Å². The lowest BCUT2D eigenvalue weighted by atomic mass is 9.84. The van der Waals surface area contributed by atoms with E-state index in [0.29, 0.717) is 24.1 Å². The van der Waals surface area contributed by atoms with Crippen molar-refractivity contribution in [3.8, 4) is 0 Å². The molecular weight excluding hydrogens is 261 g/mol. The van der Waals surface area contributed by atoms with Gasteiger partial charge >= 0.3 is 5.97 Å². The Labute approximate surface area is 117 Å². The standard InChI is InChI=1S/C15H18FNO3/c1-3-17-13(18)7-5-11(15(19)20)14(17)10-4-6-12(16)9(2)8-10/h4,6,8,11,14H,3,5,7H2,1-2H3,(H,19,20). The van der Waals surface area contributed by atoms with Gasteiger partial charge in [0.2, 0.25) is 5.91 Å². The fourth-order valence-electron chi connectivity index (χ4n) is 2.85. The quantitative estimate of drug-likeness (QED) is 0.925. The van der Waals surface area contributed by atoms with E-state index in [-0.39, 0.29) is 18.1 Å². The first-order valence-corrected chi connectivity index (χ1v) is 6.74. The zero-order valence-electron chi connectivity index (χ0n) is 11.6. The van der Waals surface area contributed by atoms with Crippen LogP contribution in [0.1, 0.15) is 36.9 Å². The number of likely N-dealkylation sites (tertiary alicyclic amines) is 1. The summed E-state index contributed by atoms with van der Waals surface area (Å²) >= 11 is 0. The number of carbonyl (C=O) groups excluding carboxylic acids is 1. The van der Waals surface area contributed by atoms with Crippen LogP contribution in [0.15, 0.2) is 18.2 Å². The molecule has 0 bridgehead atoms. The second-order valence-electron chi connectivity index (χ2n) is 5.12. The predicted molar refractivity (Wildman–Crippen MR) is 71.6 cm³/mol. The van der Waals surface area contributed by atoms with Gasteiger partial charge in [-0.3, -0.25) is 9.59 Å². The second-order valence-corrected chi connectivity index (χ2v) is 5.12.